The lowest BCUT2D eigenvalue weighted by Crippen LogP contribution is -2.46. The summed E-state index contributed by atoms with van der Waals surface area (Å²) >= 11 is 3.34. The van der Waals surface area contributed by atoms with Gasteiger partial charge in [0.2, 0.25) is 5.91 Å². The Morgan fingerprint density at radius 1 is 1.12 bits per heavy atom. The van der Waals surface area contributed by atoms with Crippen molar-refractivity contribution in [2.75, 3.05) is 0 Å². The van der Waals surface area contributed by atoms with E-state index in [-0.39, 0.29) is 17.2 Å². The van der Waals surface area contributed by atoms with Gasteiger partial charge in [0.05, 0.1) is 5.41 Å². The van der Waals surface area contributed by atoms with E-state index in [9.17, 15) is 9.59 Å². The van der Waals surface area contributed by atoms with Crippen LogP contribution in [0.25, 0.3) is 0 Å². The van der Waals surface area contributed by atoms with E-state index in [0.29, 0.717) is 5.69 Å². The molecule has 0 spiro atoms. The standard InChI is InChI=1S/C20H24BrN3O2/c1-19(2,3)13-5-7-14(8-6-13)20(9-10-20)18(26)23-22-17(25)16-11-15(21)12-24(16)4/h5-8,11-12H,9-10H2,1-4H3,(H,22,25)(H,23,26). The molecule has 3 rings (SSSR count). The lowest BCUT2D eigenvalue weighted by molar-refractivity contribution is -0.124. The normalized spacial score (nSPS) is 15.4. The van der Waals surface area contributed by atoms with Gasteiger partial charge in [0, 0.05) is 17.7 Å². The Labute approximate surface area is 162 Å². The van der Waals surface area contributed by atoms with Crippen LogP contribution in [-0.4, -0.2) is 16.4 Å². The van der Waals surface area contributed by atoms with Crippen LogP contribution < -0.4 is 10.9 Å². The molecule has 138 valence electrons. The third-order valence-corrected chi connectivity index (χ3v) is 5.42. The Balaban J connectivity index is 1.68. The Morgan fingerprint density at radius 2 is 1.73 bits per heavy atom. The highest BCUT2D eigenvalue weighted by Gasteiger charge is 2.51. The van der Waals surface area contributed by atoms with Crippen LogP contribution in [0.3, 0.4) is 0 Å². The quantitative estimate of drug-likeness (QED) is 0.749. The number of amides is 2. The van der Waals surface area contributed by atoms with E-state index in [0.717, 1.165) is 22.9 Å². The highest BCUT2D eigenvalue weighted by Crippen LogP contribution is 2.48. The summed E-state index contributed by atoms with van der Waals surface area (Å²) in [5.74, 6) is -0.506. The molecule has 26 heavy (non-hydrogen) atoms. The number of aromatic nitrogens is 1. The first-order chi connectivity index (χ1) is 12.1. The highest BCUT2D eigenvalue weighted by atomic mass is 79.9. The van der Waals surface area contributed by atoms with Gasteiger partial charge in [-0.1, -0.05) is 45.0 Å². The Hall–Kier alpha value is -2.08. The van der Waals surface area contributed by atoms with Gasteiger partial charge in [0.1, 0.15) is 5.69 Å². The second-order valence-electron chi connectivity index (χ2n) is 7.97. The zero-order valence-electron chi connectivity index (χ0n) is 15.5. The minimum Gasteiger partial charge on any atom is -0.345 e. The van der Waals surface area contributed by atoms with Crippen molar-refractivity contribution in [2.45, 2.75) is 44.4 Å². The van der Waals surface area contributed by atoms with Gasteiger partial charge in [0.25, 0.3) is 5.91 Å². The average molecular weight is 418 g/mol. The number of rotatable bonds is 3. The number of aryl methyl sites for hydroxylation is 1. The van der Waals surface area contributed by atoms with Crippen LogP contribution in [0.4, 0.5) is 0 Å². The summed E-state index contributed by atoms with van der Waals surface area (Å²) in [5, 5.41) is 0. The van der Waals surface area contributed by atoms with Crippen molar-refractivity contribution < 1.29 is 9.59 Å². The van der Waals surface area contributed by atoms with Crippen LogP contribution in [-0.2, 0) is 22.7 Å². The van der Waals surface area contributed by atoms with Crippen molar-refractivity contribution in [3.05, 3.63) is 57.8 Å². The number of nitrogens with zero attached hydrogens (tertiary/aromatic N) is 1. The summed E-state index contributed by atoms with van der Waals surface area (Å²) in [4.78, 5) is 24.9. The molecule has 2 N–H and O–H groups in total. The van der Waals surface area contributed by atoms with E-state index in [4.69, 9.17) is 0 Å². The van der Waals surface area contributed by atoms with Crippen molar-refractivity contribution in [2.24, 2.45) is 7.05 Å². The minimum atomic E-state index is -0.529. The maximum atomic E-state index is 12.7. The monoisotopic (exact) mass is 417 g/mol. The van der Waals surface area contributed by atoms with Gasteiger partial charge < -0.3 is 4.57 Å². The molecule has 1 fully saturated rings. The number of benzene rings is 1. The first kappa shape index (κ1) is 18.7. The summed E-state index contributed by atoms with van der Waals surface area (Å²) in [6.45, 7) is 6.50. The van der Waals surface area contributed by atoms with Crippen molar-refractivity contribution in [1.82, 2.24) is 15.4 Å². The molecule has 1 aliphatic carbocycles. The molecule has 6 heteroatoms. The molecule has 1 aliphatic rings. The number of nitrogens with one attached hydrogen (secondary N) is 2. The fraction of sp³-hybridized carbons (Fsp3) is 0.400. The number of carbonyl (C=O) groups excluding carboxylic acids is 2. The predicted octanol–water partition coefficient (Wildman–Crippen LogP) is 3.58. The van der Waals surface area contributed by atoms with Crippen LogP contribution in [0.15, 0.2) is 41.0 Å². The minimum absolute atomic E-state index is 0.0782. The van der Waals surface area contributed by atoms with E-state index < -0.39 is 5.41 Å². The number of halogens is 1. The summed E-state index contributed by atoms with van der Waals surface area (Å²) < 4.78 is 2.51. The molecular weight excluding hydrogens is 394 g/mol. The lowest BCUT2D eigenvalue weighted by atomic mass is 9.85. The van der Waals surface area contributed by atoms with Crippen molar-refractivity contribution >= 4 is 27.7 Å². The first-order valence-electron chi connectivity index (χ1n) is 8.67. The molecule has 0 unspecified atom stereocenters. The summed E-state index contributed by atoms with van der Waals surface area (Å²) in [7, 11) is 1.78. The second-order valence-corrected chi connectivity index (χ2v) is 8.89. The smallest absolute Gasteiger partial charge is 0.286 e. The van der Waals surface area contributed by atoms with E-state index in [1.165, 1.54) is 5.56 Å². The molecule has 2 amide bonds. The van der Waals surface area contributed by atoms with Gasteiger partial charge in [-0.3, -0.25) is 20.4 Å². The molecule has 1 aromatic carbocycles. The van der Waals surface area contributed by atoms with Gasteiger partial charge in [-0.25, -0.2) is 0 Å². The lowest BCUT2D eigenvalue weighted by Gasteiger charge is -2.21. The number of hydrogen-bond donors (Lipinski definition) is 2. The average Bonchev–Trinajstić information content (AvgIpc) is 3.31. The number of hydrazine groups is 1. The van der Waals surface area contributed by atoms with Gasteiger partial charge in [-0.2, -0.15) is 0 Å². The molecule has 0 bridgehead atoms. The molecule has 0 atom stereocenters. The van der Waals surface area contributed by atoms with E-state index in [2.05, 4.69) is 59.7 Å². The van der Waals surface area contributed by atoms with E-state index in [1.54, 1.807) is 23.9 Å². The molecule has 1 saturated carbocycles. The molecule has 1 heterocycles. The Bertz CT molecular complexity index is 843. The van der Waals surface area contributed by atoms with Gasteiger partial charge >= 0.3 is 0 Å². The summed E-state index contributed by atoms with van der Waals surface area (Å²) in [6, 6.07) is 9.94. The van der Waals surface area contributed by atoms with Crippen LogP contribution in [0.5, 0.6) is 0 Å². The highest BCUT2D eigenvalue weighted by molar-refractivity contribution is 9.10. The molecule has 5 nitrogen and oxygen atoms in total. The van der Waals surface area contributed by atoms with Crippen LogP contribution in [0, 0.1) is 0 Å². The third kappa shape index (κ3) is 3.56. The molecule has 0 aliphatic heterocycles. The second kappa shape index (κ2) is 6.58. The van der Waals surface area contributed by atoms with Crippen LogP contribution in [0.1, 0.15) is 55.2 Å². The van der Waals surface area contributed by atoms with Crippen molar-refractivity contribution in [1.29, 1.82) is 0 Å². The Kier molecular flexibility index (Phi) is 4.73. The predicted molar refractivity (Wildman–Crippen MR) is 105 cm³/mol. The summed E-state index contributed by atoms with van der Waals surface area (Å²) in [5.41, 5.74) is 7.37. The molecule has 1 aromatic heterocycles. The van der Waals surface area contributed by atoms with Gasteiger partial charge in [-0.05, 0) is 51.4 Å². The fourth-order valence-electron chi connectivity index (χ4n) is 3.11. The van der Waals surface area contributed by atoms with E-state index in [1.807, 2.05) is 12.1 Å². The van der Waals surface area contributed by atoms with Crippen molar-refractivity contribution in [3.8, 4) is 0 Å². The van der Waals surface area contributed by atoms with Crippen LogP contribution >= 0.6 is 15.9 Å². The fourth-order valence-corrected chi connectivity index (χ4v) is 3.63. The third-order valence-electron chi connectivity index (χ3n) is 4.98. The molecule has 2 aromatic rings. The molecule has 0 radical (unpaired) electrons. The van der Waals surface area contributed by atoms with Gasteiger partial charge in [-0.15, -0.1) is 0 Å². The number of carbonyl (C=O) groups is 2. The summed E-state index contributed by atoms with van der Waals surface area (Å²) in [6.07, 6.45) is 3.37. The zero-order chi connectivity index (χ0) is 19.1. The first-order valence-corrected chi connectivity index (χ1v) is 9.46. The van der Waals surface area contributed by atoms with Crippen LogP contribution in [0.2, 0.25) is 0 Å². The largest absolute Gasteiger partial charge is 0.345 e. The Morgan fingerprint density at radius 3 is 2.19 bits per heavy atom. The van der Waals surface area contributed by atoms with Crippen molar-refractivity contribution in [3.63, 3.8) is 0 Å². The molecule has 0 saturated heterocycles. The topological polar surface area (TPSA) is 63.1 Å². The van der Waals surface area contributed by atoms with E-state index >= 15 is 0 Å². The zero-order valence-corrected chi connectivity index (χ0v) is 17.1. The number of hydrogen-bond acceptors (Lipinski definition) is 2. The van der Waals surface area contributed by atoms with Gasteiger partial charge in [0.15, 0.2) is 0 Å². The molecular formula is C20H24BrN3O2. The maximum Gasteiger partial charge on any atom is 0.286 e. The maximum absolute atomic E-state index is 12.7. The SMILES string of the molecule is Cn1cc(Br)cc1C(=O)NNC(=O)C1(c2ccc(C(C)(C)C)cc2)CC1.